The van der Waals surface area contributed by atoms with Crippen molar-refractivity contribution in [2.75, 3.05) is 13.6 Å². The molecule has 0 saturated heterocycles. The Labute approximate surface area is 87.1 Å². The number of likely N-dealkylation sites (N-methyl/N-ethyl adjacent to an activating group) is 1. The van der Waals surface area contributed by atoms with E-state index in [1.54, 1.807) is 17.8 Å². The monoisotopic (exact) mass is 204 g/mol. The molecule has 1 aromatic carbocycles. The van der Waals surface area contributed by atoms with Crippen LogP contribution >= 0.6 is 0 Å². The highest BCUT2D eigenvalue weighted by atomic mass is 16.1. The second-order valence-corrected chi connectivity index (χ2v) is 3.34. The highest BCUT2D eigenvalue weighted by Gasteiger charge is 2.12. The molecule has 0 fully saturated rings. The van der Waals surface area contributed by atoms with Crippen molar-refractivity contribution in [2.24, 2.45) is 7.05 Å². The molecule has 2 aromatic rings. The van der Waals surface area contributed by atoms with E-state index in [9.17, 15) is 4.79 Å². The first-order valence-corrected chi connectivity index (χ1v) is 4.70. The molecule has 5 nitrogen and oxygen atoms in total. The number of Topliss-reactive ketones (excluding diaryl/α,β-unsaturated/α-hetero) is 1. The minimum absolute atomic E-state index is 0.0311. The van der Waals surface area contributed by atoms with Gasteiger partial charge in [-0.2, -0.15) is 0 Å². The summed E-state index contributed by atoms with van der Waals surface area (Å²) in [5.74, 6) is 0.0311. The zero-order chi connectivity index (χ0) is 10.8. The average molecular weight is 204 g/mol. The molecule has 0 amide bonds. The van der Waals surface area contributed by atoms with E-state index in [0.29, 0.717) is 17.6 Å². The van der Waals surface area contributed by atoms with E-state index in [2.05, 4.69) is 15.6 Å². The third kappa shape index (κ3) is 1.61. The molecule has 0 radical (unpaired) electrons. The summed E-state index contributed by atoms with van der Waals surface area (Å²) >= 11 is 0. The number of nitrogens with zero attached hydrogens (tertiary/aromatic N) is 3. The lowest BCUT2D eigenvalue weighted by molar-refractivity contribution is 0.0995. The van der Waals surface area contributed by atoms with Crippen molar-refractivity contribution in [2.45, 2.75) is 0 Å². The lowest BCUT2D eigenvalue weighted by atomic mass is 10.1. The highest BCUT2D eigenvalue weighted by Crippen LogP contribution is 2.15. The number of hydrogen-bond acceptors (Lipinski definition) is 4. The number of fused-ring (bicyclic) bond motifs is 1. The van der Waals surface area contributed by atoms with E-state index in [0.717, 1.165) is 5.52 Å². The third-order valence-corrected chi connectivity index (χ3v) is 2.28. The number of aryl methyl sites for hydroxylation is 1. The standard InChI is InChI=1S/C10H12N4O/c1-11-6-9(15)7-4-3-5-8-10(7)12-13-14(8)2/h3-5,11H,6H2,1-2H3. The van der Waals surface area contributed by atoms with Crippen molar-refractivity contribution in [1.82, 2.24) is 20.3 Å². The molecular formula is C10H12N4O. The van der Waals surface area contributed by atoms with Gasteiger partial charge in [-0.05, 0) is 19.2 Å². The van der Waals surface area contributed by atoms with Crippen LogP contribution in [0.2, 0.25) is 0 Å². The predicted molar refractivity (Wildman–Crippen MR) is 56.8 cm³/mol. The first-order valence-electron chi connectivity index (χ1n) is 4.70. The normalized spacial score (nSPS) is 10.8. The molecule has 1 heterocycles. The van der Waals surface area contributed by atoms with Gasteiger partial charge in [-0.25, -0.2) is 4.68 Å². The molecular weight excluding hydrogens is 192 g/mol. The van der Waals surface area contributed by atoms with Gasteiger partial charge in [0, 0.05) is 12.6 Å². The van der Waals surface area contributed by atoms with Crippen molar-refractivity contribution in [1.29, 1.82) is 0 Å². The first kappa shape index (κ1) is 9.79. The SMILES string of the molecule is CNCC(=O)c1cccc2c1nnn2C. The van der Waals surface area contributed by atoms with E-state index < -0.39 is 0 Å². The molecule has 0 atom stereocenters. The quantitative estimate of drug-likeness (QED) is 0.734. The summed E-state index contributed by atoms with van der Waals surface area (Å²) in [7, 11) is 3.55. The molecule has 5 heteroatoms. The summed E-state index contributed by atoms with van der Waals surface area (Å²) in [6.45, 7) is 0.315. The van der Waals surface area contributed by atoms with Crippen LogP contribution in [0.5, 0.6) is 0 Å². The minimum Gasteiger partial charge on any atom is -0.313 e. The second kappa shape index (κ2) is 3.78. The van der Waals surface area contributed by atoms with Gasteiger partial charge in [-0.3, -0.25) is 4.79 Å². The summed E-state index contributed by atoms with van der Waals surface area (Å²) in [5.41, 5.74) is 2.16. The van der Waals surface area contributed by atoms with Gasteiger partial charge < -0.3 is 5.32 Å². The van der Waals surface area contributed by atoms with Gasteiger partial charge in [0.2, 0.25) is 0 Å². The Morgan fingerprint density at radius 1 is 1.53 bits per heavy atom. The van der Waals surface area contributed by atoms with Crippen molar-refractivity contribution in [3.8, 4) is 0 Å². The maximum Gasteiger partial charge on any atom is 0.178 e. The molecule has 1 aromatic heterocycles. The molecule has 2 rings (SSSR count). The number of nitrogens with one attached hydrogen (secondary N) is 1. The Balaban J connectivity index is 2.56. The zero-order valence-corrected chi connectivity index (χ0v) is 8.69. The molecule has 0 bridgehead atoms. The maximum absolute atomic E-state index is 11.7. The number of benzene rings is 1. The van der Waals surface area contributed by atoms with Gasteiger partial charge >= 0.3 is 0 Å². The van der Waals surface area contributed by atoms with Gasteiger partial charge in [-0.15, -0.1) is 5.10 Å². The van der Waals surface area contributed by atoms with Gasteiger partial charge in [0.15, 0.2) is 5.78 Å². The van der Waals surface area contributed by atoms with Gasteiger partial charge in [0.05, 0.1) is 12.1 Å². The average Bonchev–Trinajstić information content (AvgIpc) is 2.61. The van der Waals surface area contributed by atoms with Gasteiger partial charge in [0.25, 0.3) is 0 Å². The van der Waals surface area contributed by atoms with Crippen LogP contribution in [0.3, 0.4) is 0 Å². The van der Waals surface area contributed by atoms with Crippen LogP contribution in [0.4, 0.5) is 0 Å². The minimum atomic E-state index is 0.0311. The van der Waals surface area contributed by atoms with Crippen molar-refractivity contribution >= 4 is 16.8 Å². The number of carbonyl (C=O) groups excluding carboxylic acids is 1. The lowest BCUT2D eigenvalue weighted by Crippen LogP contribution is -2.18. The number of ketones is 1. The summed E-state index contributed by atoms with van der Waals surface area (Å²) in [4.78, 5) is 11.7. The second-order valence-electron chi connectivity index (χ2n) is 3.34. The first-order chi connectivity index (χ1) is 7.24. The van der Waals surface area contributed by atoms with Crippen molar-refractivity contribution in [3.63, 3.8) is 0 Å². The molecule has 78 valence electrons. The number of aromatic nitrogens is 3. The summed E-state index contributed by atoms with van der Waals surface area (Å²) in [6, 6.07) is 5.51. The molecule has 0 aliphatic heterocycles. The Morgan fingerprint density at radius 3 is 3.07 bits per heavy atom. The molecule has 0 saturated carbocycles. The van der Waals surface area contributed by atoms with E-state index in [1.165, 1.54) is 0 Å². The fourth-order valence-corrected chi connectivity index (χ4v) is 1.54. The van der Waals surface area contributed by atoms with E-state index >= 15 is 0 Å². The van der Waals surface area contributed by atoms with Gasteiger partial charge in [-0.1, -0.05) is 11.3 Å². The van der Waals surface area contributed by atoms with Crippen LogP contribution in [0, 0.1) is 0 Å². The smallest absolute Gasteiger partial charge is 0.178 e. The highest BCUT2D eigenvalue weighted by molar-refractivity contribution is 6.06. The largest absolute Gasteiger partial charge is 0.313 e. The molecule has 0 aliphatic rings. The Morgan fingerprint density at radius 2 is 2.33 bits per heavy atom. The fourth-order valence-electron chi connectivity index (χ4n) is 1.54. The van der Waals surface area contributed by atoms with E-state index in [-0.39, 0.29) is 5.78 Å². The predicted octanol–water partition coefficient (Wildman–Crippen LogP) is 0.370. The molecule has 1 N–H and O–H groups in total. The Hall–Kier alpha value is -1.75. The van der Waals surface area contributed by atoms with Gasteiger partial charge in [0.1, 0.15) is 5.52 Å². The maximum atomic E-state index is 11.7. The summed E-state index contributed by atoms with van der Waals surface area (Å²) in [6.07, 6.45) is 0. The Bertz CT molecular complexity index is 503. The van der Waals surface area contributed by atoms with E-state index in [4.69, 9.17) is 0 Å². The van der Waals surface area contributed by atoms with E-state index in [1.807, 2.05) is 19.2 Å². The zero-order valence-electron chi connectivity index (χ0n) is 8.69. The van der Waals surface area contributed by atoms with Crippen LogP contribution in [0.1, 0.15) is 10.4 Å². The third-order valence-electron chi connectivity index (χ3n) is 2.28. The molecule has 0 unspecified atom stereocenters. The molecule has 0 aliphatic carbocycles. The number of rotatable bonds is 3. The molecule has 15 heavy (non-hydrogen) atoms. The Kier molecular flexibility index (Phi) is 2.47. The number of carbonyl (C=O) groups is 1. The fraction of sp³-hybridized carbons (Fsp3) is 0.300. The van der Waals surface area contributed by atoms with Crippen LogP contribution in [-0.4, -0.2) is 34.4 Å². The number of hydrogen-bond donors (Lipinski definition) is 1. The van der Waals surface area contributed by atoms with Crippen LogP contribution < -0.4 is 5.32 Å². The summed E-state index contributed by atoms with van der Waals surface area (Å²) in [5, 5.41) is 10.7. The molecule has 0 spiro atoms. The lowest BCUT2D eigenvalue weighted by Gasteiger charge is -2.00. The topological polar surface area (TPSA) is 59.8 Å². The van der Waals surface area contributed by atoms with Crippen molar-refractivity contribution < 1.29 is 4.79 Å². The summed E-state index contributed by atoms with van der Waals surface area (Å²) < 4.78 is 1.66. The van der Waals surface area contributed by atoms with Crippen LogP contribution in [0.15, 0.2) is 18.2 Å². The van der Waals surface area contributed by atoms with Crippen LogP contribution in [-0.2, 0) is 7.05 Å². The van der Waals surface area contributed by atoms with Crippen molar-refractivity contribution in [3.05, 3.63) is 23.8 Å². The van der Waals surface area contributed by atoms with Crippen LogP contribution in [0.25, 0.3) is 11.0 Å².